The Balaban J connectivity index is 1.43. The molecule has 3 fully saturated rings. The van der Waals surface area contributed by atoms with Crippen molar-refractivity contribution in [1.82, 2.24) is 4.90 Å². The number of amides is 2. The average Bonchev–Trinajstić information content (AvgIpc) is 3.32. The van der Waals surface area contributed by atoms with Crippen LogP contribution in [0.3, 0.4) is 0 Å². The van der Waals surface area contributed by atoms with E-state index in [1.54, 1.807) is 7.05 Å². The first-order chi connectivity index (χ1) is 11.7. The summed E-state index contributed by atoms with van der Waals surface area (Å²) in [7, 11) is 1.60. The van der Waals surface area contributed by atoms with Crippen molar-refractivity contribution < 1.29 is 14.4 Å². The Kier molecular flexibility index (Phi) is 2.78. The fourth-order valence-corrected chi connectivity index (χ4v) is 5.19. The van der Waals surface area contributed by atoms with Crippen LogP contribution in [0.4, 0.5) is 0 Å². The van der Waals surface area contributed by atoms with E-state index in [9.17, 15) is 9.59 Å². The molecule has 2 bridgehead atoms. The second kappa shape index (κ2) is 4.79. The number of nitrogens with zero attached hydrogens (tertiary/aromatic N) is 2. The van der Waals surface area contributed by atoms with Crippen molar-refractivity contribution in [2.75, 3.05) is 7.05 Å². The minimum atomic E-state index is -0.193. The molecule has 4 aliphatic rings. The summed E-state index contributed by atoms with van der Waals surface area (Å²) in [5, 5.41) is 4.27. The van der Waals surface area contributed by atoms with Crippen molar-refractivity contribution >= 4 is 23.6 Å². The summed E-state index contributed by atoms with van der Waals surface area (Å²) in [6, 6.07) is 10.1. The van der Waals surface area contributed by atoms with Crippen LogP contribution >= 0.6 is 0 Å². The summed E-state index contributed by atoms with van der Waals surface area (Å²) < 4.78 is 0. The molecule has 6 atom stereocenters. The number of rotatable bonds is 2. The van der Waals surface area contributed by atoms with Crippen LogP contribution in [-0.4, -0.2) is 35.6 Å². The molecule has 1 aromatic rings. The standard InChI is InChI=1S/C19H18N2O3/c1-21-18(22)15-11-9-12(16(15)19(21)23)17-14(11)13(20-24-17)8-7-10-5-3-2-4-6-10/h2-8,11-12,14-17H,9H2,1H3/b8-7+/t11-,12-,14-,15-,16+,17-/m0/s1. The van der Waals surface area contributed by atoms with Gasteiger partial charge in [-0.1, -0.05) is 41.6 Å². The molecule has 2 aliphatic heterocycles. The number of hydrogen-bond acceptors (Lipinski definition) is 4. The summed E-state index contributed by atoms with van der Waals surface area (Å²) in [5.74, 6) is 0.0135. The number of imide groups is 1. The van der Waals surface area contributed by atoms with Crippen molar-refractivity contribution in [2.45, 2.75) is 12.5 Å². The molecule has 0 aromatic heterocycles. The quantitative estimate of drug-likeness (QED) is 0.782. The van der Waals surface area contributed by atoms with E-state index in [0.717, 1.165) is 17.7 Å². The molecule has 0 N–H and O–H groups in total. The number of carbonyl (C=O) groups is 2. The molecule has 5 nitrogen and oxygen atoms in total. The van der Waals surface area contributed by atoms with Gasteiger partial charge < -0.3 is 4.84 Å². The van der Waals surface area contributed by atoms with Gasteiger partial charge in [-0.3, -0.25) is 14.5 Å². The van der Waals surface area contributed by atoms with Crippen LogP contribution < -0.4 is 0 Å². The second-order valence-electron chi connectivity index (χ2n) is 7.21. The van der Waals surface area contributed by atoms with E-state index in [0.29, 0.717) is 0 Å². The molecule has 5 heteroatoms. The lowest BCUT2D eigenvalue weighted by atomic mass is 9.72. The lowest BCUT2D eigenvalue weighted by Gasteiger charge is -2.29. The third-order valence-corrected chi connectivity index (χ3v) is 6.19. The van der Waals surface area contributed by atoms with Gasteiger partial charge in [-0.2, -0.15) is 0 Å². The van der Waals surface area contributed by atoms with Gasteiger partial charge in [-0.25, -0.2) is 0 Å². The molecule has 2 amide bonds. The summed E-state index contributed by atoms with van der Waals surface area (Å²) >= 11 is 0. The number of carbonyl (C=O) groups excluding carboxylic acids is 2. The topological polar surface area (TPSA) is 59.0 Å². The monoisotopic (exact) mass is 322 g/mol. The molecule has 1 saturated heterocycles. The second-order valence-corrected chi connectivity index (χ2v) is 7.21. The van der Waals surface area contributed by atoms with E-state index in [2.05, 4.69) is 5.16 Å². The van der Waals surface area contributed by atoms with Crippen LogP contribution in [0.15, 0.2) is 41.6 Å². The van der Waals surface area contributed by atoms with Gasteiger partial charge >= 0.3 is 0 Å². The molecular weight excluding hydrogens is 304 g/mol. The molecule has 0 spiro atoms. The molecule has 5 rings (SSSR count). The highest BCUT2D eigenvalue weighted by atomic mass is 16.6. The van der Waals surface area contributed by atoms with E-state index in [-0.39, 0.29) is 47.5 Å². The third kappa shape index (κ3) is 1.67. The molecule has 0 unspecified atom stereocenters. The Labute approximate surface area is 140 Å². The molecule has 0 radical (unpaired) electrons. The third-order valence-electron chi connectivity index (χ3n) is 6.19. The number of allylic oxidation sites excluding steroid dienone is 1. The van der Waals surface area contributed by atoms with Crippen molar-refractivity contribution in [1.29, 1.82) is 0 Å². The molecule has 2 aliphatic carbocycles. The lowest BCUT2D eigenvalue weighted by Crippen LogP contribution is -2.40. The van der Waals surface area contributed by atoms with Gasteiger partial charge in [0.1, 0.15) is 6.10 Å². The number of benzene rings is 1. The number of likely N-dealkylation sites (tertiary alicyclic amines) is 1. The van der Waals surface area contributed by atoms with Gasteiger partial charge in [0.15, 0.2) is 0 Å². The average molecular weight is 322 g/mol. The summed E-state index contributed by atoms with van der Waals surface area (Å²) in [6.07, 6.45) is 4.88. The zero-order valence-electron chi connectivity index (χ0n) is 13.3. The Hall–Kier alpha value is -2.43. The molecule has 2 heterocycles. The normalized spacial score (nSPS) is 39.4. The number of oxime groups is 1. The number of fused-ring (bicyclic) bond motifs is 8. The predicted octanol–water partition coefficient (Wildman–Crippen LogP) is 1.95. The highest BCUT2D eigenvalue weighted by molar-refractivity contribution is 6.08. The Morgan fingerprint density at radius 2 is 1.75 bits per heavy atom. The maximum atomic E-state index is 12.5. The van der Waals surface area contributed by atoms with Crippen molar-refractivity contribution in [3.63, 3.8) is 0 Å². The smallest absolute Gasteiger partial charge is 0.233 e. The van der Waals surface area contributed by atoms with Gasteiger partial charge in [-0.05, 0) is 24.0 Å². The Morgan fingerprint density at radius 3 is 2.50 bits per heavy atom. The van der Waals surface area contributed by atoms with E-state index >= 15 is 0 Å². The van der Waals surface area contributed by atoms with Gasteiger partial charge in [0, 0.05) is 18.9 Å². The van der Waals surface area contributed by atoms with Crippen LogP contribution in [-0.2, 0) is 14.4 Å². The fourth-order valence-electron chi connectivity index (χ4n) is 5.19. The maximum Gasteiger partial charge on any atom is 0.233 e. The summed E-state index contributed by atoms with van der Waals surface area (Å²) in [6.45, 7) is 0. The molecule has 122 valence electrons. The molecular formula is C19H18N2O3. The van der Waals surface area contributed by atoms with E-state index < -0.39 is 0 Å². The fraction of sp³-hybridized carbons (Fsp3) is 0.421. The molecule has 2 saturated carbocycles. The van der Waals surface area contributed by atoms with Crippen LogP contribution in [0.2, 0.25) is 0 Å². The van der Waals surface area contributed by atoms with Gasteiger partial charge in [-0.15, -0.1) is 0 Å². The highest BCUT2D eigenvalue weighted by Gasteiger charge is 2.69. The minimum absolute atomic E-state index is 0.0192. The highest BCUT2D eigenvalue weighted by Crippen LogP contribution is 2.61. The first kappa shape index (κ1) is 14.0. The zero-order chi connectivity index (χ0) is 16.4. The first-order valence-corrected chi connectivity index (χ1v) is 8.45. The maximum absolute atomic E-state index is 12.5. The van der Waals surface area contributed by atoms with Gasteiger partial charge in [0.2, 0.25) is 11.8 Å². The summed E-state index contributed by atoms with van der Waals surface area (Å²) in [4.78, 5) is 31.8. The van der Waals surface area contributed by atoms with Gasteiger partial charge in [0.25, 0.3) is 0 Å². The minimum Gasteiger partial charge on any atom is -0.391 e. The van der Waals surface area contributed by atoms with E-state index in [1.807, 2.05) is 42.5 Å². The van der Waals surface area contributed by atoms with Crippen LogP contribution in [0, 0.1) is 29.6 Å². The van der Waals surface area contributed by atoms with Crippen LogP contribution in [0.1, 0.15) is 12.0 Å². The van der Waals surface area contributed by atoms with Crippen molar-refractivity contribution in [3.8, 4) is 0 Å². The Morgan fingerprint density at radius 1 is 1.04 bits per heavy atom. The predicted molar refractivity (Wildman–Crippen MR) is 87.6 cm³/mol. The van der Waals surface area contributed by atoms with Crippen LogP contribution in [0.25, 0.3) is 6.08 Å². The SMILES string of the molecule is CN1C(=O)[C@@H]2[C@@H]3C[C@@H]([C@H]4C(/C=C/c5ccccc5)=NO[C@@H]34)[C@@H]2C1=O. The van der Waals surface area contributed by atoms with Crippen LogP contribution in [0.5, 0.6) is 0 Å². The lowest BCUT2D eigenvalue weighted by molar-refractivity contribution is -0.139. The molecule has 1 aromatic carbocycles. The summed E-state index contributed by atoms with van der Waals surface area (Å²) in [5.41, 5.74) is 2.01. The largest absolute Gasteiger partial charge is 0.391 e. The van der Waals surface area contributed by atoms with E-state index in [4.69, 9.17) is 4.84 Å². The van der Waals surface area contributed by atoms with Crippen molar-refractivity contribution in [3.05, 3.63) is 42.0 Å². The first-order valence-electron chi connectivity index (χ1n) is 8.45. The zero-order valence-corrected chi connectivity index (χ0v) is 13.3. The number of hydrogen-bond donors (Lipinski definition) is 0. The van der Waals surface area contributed by atoms with E-state index in [1.165, 1.54) is 4.90 Å². The van der Waals surface area contributed by atoms with Gasteiger partial charge in [0.05, 0.1) is 17.5 Å². The van der Waals surface area contributed by atoms with Crippen molar-refractivity contribution in [2.24, 2.45) is 34.7 Å². The Bertz CT molecular complexity index is 785. The molecule has 24 heavy (non-hydrogen) atoms.